The van der Waals surface area contributed by atoms with Gasteiger partial charge in [0.1, 0.15) is 0 Å². The van der Waals surface area contributed by atoms with E-state index in [0.717, 1.165) is 26.1 Å². The average molecular weight is 175 g/mol. The van der Waals surface area contributed by atoms with Crippen molar-refractivity contribution in [2.24, 2.45) is 5.73 Å². The lowest BCUT2D eigenvalue weighted by Gasteiger charge is -2.23. The third-order valence-corrected chi connectivity index (χ3v) is 1.67. The first-order chi connectivity index (χ1) is 5.62. The predicted octanol–water partition coefficient (Wildman–Crippen LogP) is 1.51. The molecule has 0 atom stereocenters. The number of hydrogen-bond acceptors (Lipinski definition) is 3. The number of rotatable bonds is 7. The lowest BCUT2D eigenvalue weighted by atomic mass is 10.1. The zero-order chi connectivity index (χ0) is 9.45. The minimum Gasteiger partial charge on any atom is -0.381 e. The van der Waals surface area contributed by atoms with Gasteiger partial charge in [-0.1, -0.05) is 6.92 Å². The summed E-state index contributed by atoms with van der Waals surface area (Å²) in [5.74, 6) is 0. The Balaban J connectivity index is 3.33. The monoisotopic (exact) mass is 175 g/mol. The molecule has 0 heterocycles. The first-order valence-electron chi connectivity index (χ1n) is 4.54. The van der Waals surface area contributed by atoms with Crippen molar-refractivity contribution in [3.8, 4) is 0 Å². The highest BCUT2D eigenvalue weighted by molar-refractivity contribution is 4.67. The molecule has 0 saturated carbocycles. The Labute approximate surface area is 75.2 Å². The summed E-state index contributed by atoms with van der Waals surface area (Å²) in [5.41, 5.74) is 5.13. The molecule has 0 aliphatic rings. The van der Waals surface area contributed by atoms with E-state index in [-0.39, 0.29) is 12.3 Å². The van der Waals surface area contributed by atoms with Gasteiger partial charge in [0.15, 0.2) is 0 Å². The van der Waals surface area contributed by atoms with Crippen LogP contribution in [0.2, 0.25) is 0 Å². The summed E-state index contributed by atoms with van der Waals surface area (Å²) in [4.78, 5) is 0. The Morgan fingerprint density at radius 1 is 1.25 bits per heavy atom. The summed E-state index contributed by atoms with van der Waals surface area (Å²) in [6, 6.07) is 0. The van der Waals surface area contributed by atoms with Crippen LogP contribution >= 0.6 is 0 Å². The second kappa shape index (κ2) is 6.40. The third kappa shape index (κ3) is 6.58. The summed E-state index contributed by atoms with van der Waals surface area (Å²) in [6.45, 7) is 8.01. The van der Waals surface area contributed by atoms with E-state index in [9.17, 15) is 0 Å². The van der Waals surface area contributed by atoms with Crippen molar-refractivity contribution < 1.29 is 9.47 Å². The molecular formula is C9H21NO2. The van der Waals surface area contributed by atoms with Gasteiger partial charge in [0.05, 0.1) is 12.3 Å². The SMILES string of the molecule is CCCOCCC(C)(C)OCN. The highest BCUT2D eigenvalue weighted by Crippen LogP contribution is 2.13. The van der Waals surface area contributed by atoms with Crippen molar-refractivity contribution >= 4 is 0 Å². The molecule has 3 nitrogen and oxygen atoms in total. The first-order valence-corrected chi connectivity index (χ1v) is 4.54. The van der Waals surface area contributed by atoms with Gasteiger partial charge in [-0.2, -0.15) is 0 Å². The maximum absolute atomic E-state index is 5.34. The molecule has 3 heteroatoms. The molecule has 0 fully saturated rings. The molecule has 0 spiro atoms. The predicted molar refractivity (Wildman–Crippen MR) is 49.9 cm³/mol. The zero-order valence-electron chi connectivity index (χ0n) is 8.43. The fourth-order valence-corrected chi connectivity index (χ4v) is 0.862. The van der Waals surface area contributed by atoms with E-state index >= 15 is 0 Å². The Morgan fingerprint density at radius 3 is 2.42 bits per heavy atom. The van der Waals surface area contributed by atoms with E-state index in [1.807, 2.05) is 13.8 Å². The maximum atomic E-state index is 5.34. The topological polar surface area (TPSA) is 44.5 Å². The van der Waals surface area contributed by atoms with Crippen molar-refractivity contribution in [1.29, 1.82) is 0 Å². The minimum absolute atomic E-state index is 0.150. The summed E-state index contributed by atoms with van der Waals surface area (Å²) >= 11 is 0. The summed E-state index contributed by atoms with van der Waals surface area (Å²) in [6.07, 6.45) is 1.96. The summed E-state index contributed by atoms with van der Waals surface area (Å²) < 4.78 is 10.7. The second-order valence-corrected chi connectivity index (χ2v) is 3.43. The molecule has 0 aromatic carbocycles. The standard InChI is InChI=1S/C9H21NO2/c1-4-6-11-7-5-9(2,3)12-8-10/h4-8,10H2,1-3H3. The van der Waals surface area contributed by atoms with Gasteiger partial charge in [0, 0.05) is 13.2 Å². The molecule has 0 unspecified atom stereocenters. The molecule has 0 aliphatic carbocycles. The summed E-state index contributed by atoms with van der Waals surface area (Å²) in [7, 11) is 0. The van der Waals surface area contributed by atoms with Crippen molar-refractivity contribution in [3.05, 3.63) is 0 Å². The molecule has 0 amide bonds. The van der Waals surface area contributed by atoms with Crippen LogP contribution in [0.1, 0.15) is 33.6 Å². The molecule has 0 rings (SSSR count). The molecule has 0 radical (unpaired) electrons. The van der Waals surface area contributed by atoms with Gasteiger partial charge in [-0.25, -0.2) is 0 Å². The van der Waals surface area contributed by atoms with Crippen LogP contribution in [0.3, 0.4) is 0 Å². The van der Waals surface area contributed by atoms with Crippen LogP contribution in [0.4, 0.5) is 0 Å². The number of ether oxygens (including phenoxy) is 2. The Kier molecular flexibility index (Phi) is 6.34. The lowest BCUT2D eigenvalue weighted by molar-refractivity contribution is -0.0378. The quantitative estimate of drug-likeness (QED) is 0.471. The molecule has 0 aromatic heterocycles. The van der Waals surface area contributed by atoms with Gasteiger partial charge in [-0.15, -0.1) is 0 Å². The van der Waals surface area contributed by atoms with Crippen molar-refractivity contribution in [2.75, 3.05) is 19.9 Å². The van der Waals surface area contributed by atoms with Gasteiger partial charge >= 0.3 is 0 Å². The lowest BCUT2D eigenvalue weighted by Crippen LogP contribution is -2.29. The van der Waals surface area contributed by atoms with E-state index in [1.165, 1.54) is 0 Å². The van der Waals surface area contributed by atoms with Crippen LogP contribution in [-0.2, 0) is 9.47 Å². The van der Waals surface area contributed by atoms with Gasteiger partial charge in [-0.05, 0) is 26.7 Å². The van der Waals surface area contributed by atoms with Crippen molar-refractivity contribution in [3.63, 3.8) is 0 Å². The Hall–Kier alpha value is -0.120. The van der Waals surface area contributed by atoms with Crippen LogP contribution in [-0.4, -0.2) is 25.5 Å². The molecule has 74 valence electrons. The van der Waals surface area contributed by atoms with E-state index in [4.69, 9.17) is 15.2 Å². The smallest absolute Gasteiger partial charge is 0.0947 e. The van der Waals surface area contributed by atoms with E-state index < -0.39 is 0 Å². The molecule has 2 N–H and O–H groups in total. The molecular weight excluding hydrogens is 154 g/mol. The highest BCUT2D eigenvalue weighted by atomic mass is 16.5. The van der Waals surface area contributed by atoms with Gasteiger partial charge in [0.2, 0.25) is 0 Å². The van der Waals surface area contributed by atoms with Crippen LogP contribution < -0.4 is 5.73 Å². The normalized spacial score (nSPS) is 12.0. The fraction of sp³-hybridized carbons (Fsp3) is 1.00. The van der Waals surface area contributed by atoms with Gasteiger partial charge < -0.3 is 15.2 Å². The maximum Gasteiger partial charge on any atom is 0.0947 e. The number of nitrogens with two attached hydrogens (primary N) is 1. The average Bonchev–Trinajstić information content (AvgIpc) is 1.98. The fourth-order valence-electron chi connectivity index (χ4n) is 0.862. The second-order valence-electron chi connectivity index (χ2n) is 3.43. The van der Waals surface area contributed by atoms with Crippen LogP contribution in [0.25, 0.3) is 0 Å². The van der Waals surface area contributed by atoms with E-state index in [1.54, 1.807) is 0 Å². The molecule has 0 saturated heterocycles. The zero-order valence-corrected chi connectivity index (χ0v) is 8.43. The van der Waals surface area contributed by atoms with Crippen molar-refractivity contribution in [2.45, 2.75) is 39.2 Å². The first kappa shape index (κ1) is 11.9. The Morgan fingerprint density at radius 2 is 1.92 bits per heavy atom. The summed E-state index contributed by atoms with van der Waals surface area (Å²) in [5, 5.41) is 0. The number of hydrogen-bond donors (Lipinski definition) is 1. The van der Waals surface area contributed by atoms with E-state index in [2.05, 4.69) is 6.92 Å². The van der Waals surface area contributed by atoms with Crippen LogP contribution in [0.15, 0.2) is 0 Å². The van der Waals surface area contributed by atoms with Crippen molar-refractivity contribution in [1.82, 2.24) is 0 Å². The van der Waals surface area contributed by atoms with E-state index in [0.29, 0.717) is 0 Å². The molecule has 0 aromatic rings. The van der Waals surface area contributed by atoms with Crippen LogP contribution in [0, 0.1) is 0 Å². The molecule has 12 heavy (non-hydrogen) atoms. The minimum atomic E-state index is -0.150. The third-order valence-electron chi connectivity index (χ3n) is 1.67. The largest absolute Gasteiger partial charge is 0.381 e. The van der Waals surface area contributed by atoms with Gasteiger partial charge in [0.25, 0.3) is 0 Å². The molecule has 0 aliphatic heterocycles. The highest BCUT2D eigenvalue weighted by Gasteiger charge is 2.16. The Bertz CT molecular complexity index is 105. The molecule has 0 bridgehead atoms. The van der Waals surface area contributed by atoms with Gasteiger partial charge in [-0.3, -0.25) is 0 Å². The van der Waals surface area contributed by atoms with Crippen LogP contribution in [0.5, 0.6) is 0 Å².